The normalized spacial score (nSPS) is 16.2. The summed E-state index contributed by atoms with van der Waals surface area (Å²) in [5, 5.41) is 3.50. The van der Waals surface area contributed by atoms with Crippen LogP contribution in [0.25, 0.3) is 0 Å². The second kappa shape index (κ2) is 7.33. The van der Waals surface area contributed by atoms with E-state index in [0.29, 0.717) is 30.8 Å². The van der Waals surface area contributed by atoms with Crippen molar-refractivity contribution in [1.82, 2.24) is 14.5 Å². The summed E-state index contributed by atoms with van der Waals surface area (Å²) in [7, 11) is -3.99. The Morgan fingerprint density at radius 3 is 2.52 bits per heavy atom. The third kappa shape index (κ3) is 4.04. The number of hydrogen-bond donors (Lipinski definition) is 1. The van der Waals surface area contributed by atoms with Crippen molar-refractivity contribution in [3.63, 3.8) is 0 Å². The molecule has 1 aromatic rings. The van der Waals surface area contributed by atoms with Gasteiger partial charge in [-0.05, 0) is 24.4 Å². The molecule has 0 amide bonds. The highest BCUT2D eigenvalue weighted by atomic mass is 32.2. The van der Waals surface area contributed by atoms with Crippen LogP contribution in [-0.2, 0) is 10.0 Å². The van der Waals surface area contributed by atoms with Crippen molar-refractivity contribution in [2.75, 3.05) is 32.7 Å². The Morgan fingerprint density at radius 1 is 1.30 bits per heavy atom. The fraction of sp³-hybridized carbons (Fsp3) is 0.357. The molecule has 0 radical (unpaired) electrons. The fourth-order valence-electron chi connectivity index (χ4n) is 2.23. The van der Waals surface area contributed by atoms with Gasteiger partial charge in [-0.25, -0.2) is 17.2 Å². The number of thiocarbonyl (C=S) groups is 1. The summed E-state index contributed by atoms with van der Waals surface area (Å²) < 4.78 is 52.8. The lowest BCUT2D eigenvalue weighted by molar-refractivity contribution is 0.264. The number of piperazine rings is 1. The molecule has 23 heavy (non-hydrogen) atoms. The molecule has 0 spiro atoms. The molecular formula is C14H17F2N3O2S2. The molecule has 1 aliphatic rings. The maximum absolute atomic E-state index is 13.7. The van der Waals surface area contributed by atoms with E-state index < -0.39 is 26.6 Å². The van der Waals surface area contributed by atoms with Crippen LogP contribution < -0.4 is 5.32 Å². The molecule has 1 fully saturated rings. The van der Waals surface area contributed by atoms with E-state index in [1.807, 2.05) is 4.90 Å². The zero-order valence-electron chi connectivity index (χ0n) is 12.3. The van der Waals surface area contributed by atoms with Crippen molar-refractivity contribution >= 4 is 27.4 Å². The molecule has 126 valence electrons. The number of sulfonamides is 1. The summed E-state index contributed by atoms with van der Waals surface area (Å²) in [5.74, 6) is -1.90. The molecule has 0 bridgehead atoms. The lowest BCUT2D eigenvalue weighted by Gasteiger charge is -2.35. The van der Waals surface area contributed by atoms with Gasteiger partial charge in [0.15, 0.2) is 5.11 Å². The smallest absolute Gasteiger partial charge is 0.246 e. The monoisotopic (exact) mass is 361 g/mol. The van der Waals surface area contributed by atoms with E-state index in [0.717, 1.165) is 12.1 Å². The van der Waals surface area contributed by atoms with Crippen molar-refractivity contribution < 1.29 is 17.2 Å². The maximum Gasteiger partial charge on any atom is 0.246 e. The van der Waals surface area contributed by atoms with Crippen LogP contribution >= 0.6 is 12.2 Å². The summed E-state index contributed by atoms with van der Waals surface area (Å²) >= 11 is 5.20. The van der Waals surface area contributed by atoms with Gasteiger partial charge in [-0.3, -0.25) is 0 Å². The van der Waals surface area contributed by atoms with Crippen molar-refractivity contribution in [2.24, 2.45) is 0 Å². The predicted octanol–water partition coefficient (Wildman–Crippen LogP) is 1.33. The minimum atomic E-state index is -3.99. The van der Waals surface area contributed by atoms with Gasteiger partial charge in [-0.1, -0.05) is 6.08 Å². The van der Waals surface area contributed by atoms with Crippen molar-refractivity contribution in [3.05, 3.63) is 42.5 Å². The third-order valence-electron chi connectivity index (χ3n) is 3.44. The molecule has 1 N–H and O–H groups in total. The Hall–Kier alpha value is -1.58. The average molecular weight is 361 g/mol. The van der Waals surface area contributed by atoms with Gasteiger partial charge in [0, 0.05) is 38.8 Å². The van der Waals surface area contributed by atoms with Gasteiger partial charge in [0.2, 0.25) is 10.0 Å². The van der Waals surface area contributed by atoms with E-state index in [1.165, 1.54) is 4.31 Å². The predicted molar refractivity (Wildman–Crippen MR) is 87.5 cm³/mol. The van der Waals surface area contributed by atoms with E-state index in [-0.39, 0.29) is 13.1 Å². The van der Waals surface area contributed by atoms with E-state index >= 15 is 0 Å². The SMILES string of the molecule is C=CCNC(=S)N1CCN(S(=O)(=O)c2ccc(F)cc2F)CC1. The standard InChI is InChI=1S/C14H17F2N3O2S2/c1-2-5-17-14(22)18-6-8-19(9-7-18)23(20,21)13-4-3-11(15)10-12(13)16/h2-4,10H,1,5-9H2,(H,17,22). The Labute approximate surface area is 139 Å². The second-order valence-corrected chi connectivity index (χ2v) is 7.23. The highest BCUT2D eigenvalue weighted by molar-refractivity contribution is 7.89. The summed E-state index contributed by atoms with van der Waals surface area (Å²) in [4.78, 5) is 1.33. The third-order valence-corrected chi connectivity index (χ3v) is 5.77. The van der Waals surface area contributed by atoms with Crippen molar-refractivity contribution in [3.8, 4) is 0 Å². The fourth-order valence-corrected chi connectivity index (χ4v) is 3.96. The van der Waals surface area contributed by atoms with Gasteiger partial charge >= 0.3 is 0 Å². The molecule has 1 heterocycles. The molecule has 0 atom stereocenters. The molecule has 0 saturated carbocycles. The molecule has 0 unspecified atom stereocenters. The van der Waals surface area contributed by atoms with Crippen LogP contribution in [0.5, 0.6) is 0 Å². The highest BCUT2D eigenvalue weighted by Crippen LogP contribution is 2.21. The van der Waals surface area contributed by atoms with E-state index in [2.05, 4.69) is 11.9 Å². The zero-order valence-corrected chi connectivity index (χ0v) is 14.0. The summed E-state index contributed by atoms with van der Waals surface area (Å²) in [6.45, 7) is 5.24. The van der Waals surface area contributed by atoms with E-state index in [9.17, 15) is 17.2 Å². The topological polar surface area (TPSA) is 52.6 Å². The molecular weight excluding hydrogens is 344 g/mol. The van der Waals surface area contributed by atoms with Gasteiger partial charge in [0.25, 0.3) is 0 Å². The highest BCUT2D eigenvalue weighted by Gasteiger charge is 2.31. The first-order valence-electron chi connectivity index (χ1n) is 6.95. The van der Waals surface area contributed by atoms with Crippen LogP contribution in [0.3, 0.4) is 0 Å². The zero-order chi connectivity index (χ0) is 17.0. The van der Waals surface area contributed by atoms with Crippen LogP contribution in [0.1, 0.15) is 0 Å². The molecule has 9 heteroatoms. The van der Waals surface area contributed by atoms with Gasteiger partial charge in [0.05, 0.1) is 0 Å². The summed E-state index contributed by atoms with van der Waals surface area (Å²) in [6, 6.07) is 2.45. The molecule has 0 aromatic heterocycles. The second-order valence-electron chi connectivity index (χ2n) is 4.94. The average Bonchev–Trinajstić information content (AvgIpc) is 2.52. The Bertz CT molecular complexity index is 702. The summed E-state index contributed by atoms with van der Waals surface area (Å²) in [5.41, 5.74) is 0. The molecule has 1 saturated heterocycles. The number of nitrogens with zero attached hydrogens (tertiary/aromatic N) is 2. The molecule has 0 aliphatic carbocycles. The van der Waals surface area contributed by atoms with Crippen LogP contribution in [0.4, 0.5) is 8.78 Å². The Morgan fingerprint density at radius 2 is 1.96 bits per heavy atom. The van der Waals surface area contributed by atoms with Crippen LogP contribution in [0, 0.1) is 11.6 Å². The number of hydrogen-bond acceptors (Lipinski definition) is 3. The lowest BCUT2D eigenvalue weighted by Crippen LogP contribution is -2.53. The Kier molecular flexibility index (Phi) is 5.66. The summed E-state index contributed by atoms with van der Waals surface area (Å²) in [6.07, 6.45) is 1.67. The van der Waals surface area contributed by atoms with Crippen LogP contribution in [0.2, 0.25) is 0 Å². The maximum atomic E-state index is 13.7. The van der Waals surface area contributed by atoms with Gasteiger partial charge < -0.3 is 10.2 Å². The number of rotatable bonds is 4. The molecule has 5 nitrogen and oxygen atoms in total. The largest absolute Gasteiger partial charge is 0.359 e. The minimum Gasteiger partial charge on any atom is -0.359 e. The van der Waals surface area contributed by atoms with E-state index in [1.54, 1.807) is 6.08 Å². The first-order chi connectivity index (χ1) is 10.9. The number of benzene rings is 1. The van der Waals surface area contributed by atoms with Crippen LogP contribution in [-0.4, -0.2) is 55.5 Å². The molecule has 2 rings (SSSR count). The van der Waals surface area contributed by atoms with Crippen LogP contribution in [0.15, 0.2) is 35.7 Å². The Balaban J connectivity index is 2.06. The van der Waals surface area contributed by atoms with Gasteiger partial charge in [-0.15, -0.1) is 6.58 Å². The minimum absolute atomic E-state index is 0.176. The van der Waals surface area contributed by atoms with Gasteiger partial charge in [0.1, 0.15) is 16.5 Å². The van der Waals surface area contributed by atoms with Crippen molar-refractivity contribution in [1.29, 1.82) is 0 Å². The lowest BCUT2D eigenvalue weighted by atomic mass is 10.3. The first-order valence-corrected chi connectivity index (χ1v) is 8.80. The van der Waals surface area contributed by atoms with Crippen molar-refractivity contribution in [2.45, 2.75) is 4.90 Å². The number of halogens is 2. The molecule has 1 aromatic carbocycles. The van der Waals surface area contributed by atoms with Gasteiger partial charge in [-0.2, -0.15) is 4.31 Å². The first kappa shape index (κ1) is 17.8. The van der Waals surface area contributed by atoms with E-state index in [4.69, 9.17) is 12.2 Å². The quantitative estimate of drug-likeness (QED) is 0.648. The molecule has 1 aliphatic heterocycles. The number of nitrogens with one attached hydrogen (secondary N) is 1.